The molecule has 0 radical (unpaired) electrons. The highest BCUT2D eigenvalue weighted by Crippen LogP contribution is 2.51. The SMILES string of the molecule is O=S(=O)(O)C(F)(F)C(F)(F)OC(F)(F)C(F)(F)CC(I)CCCCC(F)(F)C(F)(F)OC(F)(F)C(F)(F)SOOO. The van der Waals surface area contributed by atoms with Crippen molar-refractivity contribution in [3.05, 3.63) is 0 Å². The summed E-state index contributed by atoms with van der Waals surface area (Å²) in [4.78, 5) is 0. The van der Waals surface area contributed by atoms with Crippen LogP contribution in [0, 0.1) is 0 Å². The van der Waals surface area contributed by atoms with Gasteiger partial charge in [0.1, 0.15) is 12.0 Å². The molecule has 0 amide bonds. The van der Waals surface area contributed by atoms with Gasteiger partial charge in [-0.2, -0.15) is 78.7 Å². The molecule has 248 valence electrons. The molecule has 0 aliphatic heterocycles. The van der Waals surface area contributed by atoms with Crippen LogP contribution in [-0.4, -0.2) is 68.9 Å². The monoisotopic (exact) mass is 804 g/mol. The van der Waals surface area contributed by atoms with E-state index in [1.165, 1.54) is 0 Å². The van der Waals surface area contributed by atoms with E-state index >= 15 is 0 Å². The topological polar surface area (TPSA) is 112 Å². The summed E-state index contributed by atoms with van der Waals surface area (Å²) >= 11 is -0.965. The van der Waals surface area contributed by atoms with E-state index in [4.69, 9.17) is 9.81 Å². The Morgan fingerprint density at radius 2 is 1.15 bits per heavy atom. The lowest BCUT2D eigenvalue weighted by molar-refractivity contribution is -0.461. The van der Waals surface area contributed by atoms with Crippen molar-refractivity contribution in [1.82, 2.24) is 0 Å². The Morgan fingerprint density at radius 1 is 0.707 bits per heavy atom. The molecule has 0 aromatic heterocycles. The lowest BCUT2D eigenvalue weighted by atomic mass is 10.0. The number of halogens is 17. The summed E-state index contributed by atoms with van der Waals surface area (Å²) < 4.78 is 248. The summed E-state index contributed by atoms with van der Waals surface area (Å²) in [6.07, 6.45) is -33.8. The van der Waals surface area contributed by atoms with Gasteiger partial charge in [0.15, 0.2) is 0 Å². The van der Waals surface area contributed by atoms with Crippen LogP contribution in [0.2, 0.25) is 0 Å². The van der Waals surface area contributed by atoms with Crippen LogP contribution in [-0.2, 0) is 29.0 Å². The number of rotatable bonds is 19. The zero-order valence-electron chi connectivity index (χ0n) is 18.7. The summed E-state index contributed by atoms with van der Waals surface area (Å²) in [5.41, 5.74) is 0. The van der Waals surface area contributed by atoms with Gasteiger partial charge in [-0.1, -0.05) is 34.0 Å². The average molecular weight is 804 g/mol. The second-order valence-corrected chi connectivity index (χ2v) is 11.5. The summed E-state index contributed by atoms with van der Waals surface area (Å²) in [5, 5.41) is -2.55. The van der Waals surface area contributed by atoms with Gasteiger partial charge < -0.3 is 0 Å². The summed E-state index contributed by atoms with van der Waals surface area (Å²) in [6, 6.07) is 0. The molecule has 8 nitrogen and oxygen atoms in total. The van der Waals surface area contributed by atoms with E-state index < -0.39 is 105 Å². The van der Waals surface area contributed by atoms with Crippen molar-refractivity contribution in [2.75, 3.05) is 0 Å². The third-order valence-electron chi connectivity index (χ3n) is 4.27. The second kappa shape index (κ2) is 13.3. The number of ether oxygens (including phenoxy) is 2. The first kappa shape index (κ1) is 40.7. The molecule has 27 heteroatoms. The van der Waals surface area contributed by atoms with Crippen molar-refractivity contribution in [3.63, 3.8) is 0 Å². The number of hydrogen-bond donors (Lipinski definition) is 2. The van der Waals surface area contributed by atoms with Gasteiger partial charge in [-0.3, -0.25) is 4.55 Å². The third kappa shape index (κ3) is 10.1. The van der Waals surface area contributed by atoms with Crippen LogP contribution >= 0.6 is 34.6 Å². The third-order valence-corrected chi connectivity index (χ3v) is 6.80. The van der Waals surface area contributed by atoms with E-state index in [1.807, 2.05) is 4.74 Å². The zero-order valence-corrected chi connectivity index (χ0v) is 22.5. The van der Waals surface area contributed by atoms with Gasteiger partial charge in [-0.05, 0) is 12.8 Å². The Hall–Kier alpha value is -0.330. The predicted octanol–water partition coefficient (Wildman–Crippen LogP) is 7.56. The lowest BCUT2D eigenvalue weighted by Crippen LogP contribution is -2.56. The van der Waals surface area contributed by atoms with E-state index in [2.05, 4.69) is 14.1 Å². The van der Waals surface area contributed by atoms with Crippen molar-refractivity contribution < 1.29 is 107 Å². The molecule has 0 fully saturated rings. The van der Waals surface area contributed by atoms with Crippen LogP contribution in [0.1, 0.15) is 32.1 Å². The fraction of sp³-hybridized carbons (Fsp3) is 1.00. The Labute approximate surface area is 234 Å². The van der Waals surface area contributed by atoms with Crippen molar-refractivity contribution in [3.8, 4) is 0 Å². The molecule has 0 saturated carbocycles. The molecule has 1 atom stereocenters. The second-order valence-electron chi connectivity index (χ2n) is 7.46. The first-order valence-electron chi connectivity index (χ1n) is 9.52. The first-order chi connectivity index (χ1) is 17.8. The van der Waals surface area contributed by atoms with Gasteiger partial charge in [0.25, 0.3) is 0 Å². The van der Waals surface area contributed by atoms with Gasteiger partial charge in [0.2, 0.25) is 0 Å². The summed E-state index contributed by atoms with van der Waals surface area (Å²) in [7, 11) is -7.17. The van der Waals surface area contributed by atoms with E-state index in [-0.39, 0.29) is 0 Å². The largest absolute Gasteiger partial charge is 0.460 e. The normalized spacial score (nSPS) is 16.3. The Balaban J connectivity index is 5.22. The van der Waals surface area contributed by atoms with E-state index in [0.717, 1.165) is 22.6 Å². The van der Waals surface area contributed by atoms with Gasteiger partial charge in [0, 0.05) is 16.8 Å². The minimum absolute atomic E-state index is 0.862. The molecule has 0 saturated heterocycles. The van der Waals surface area contributed by atoms with Crippen LogP contribution in [0.15, 0.2) is 0 Å². The van der Waals surface area contributed by atoms with Crippen LogP contribution < -0.4 is 0 Å². The fourth-order valence-corrected chi connectivity index (χ4v) is 3.79. The smallest absolute Gasteiger partial charge is 0.281 e. The highest BCUT2D eigenvalue weighted by atomic mass is 127. The maximum absolute atomic E-state index is 13.8. The van der Waals surface area contributed by atoms with Crippen molar-refractivity contribution in [1.29, 1.82) is 0 Å². The molecule has 0 aromatic carbocycles. The number of hydrogen-bond acceptors (Lipinski definition) is 8. The van der Waals surface area contributed by atoms with Crippen molar-refractivity contribution in [2.45, 2.75) is 82.8 Å². The van der Waals surface area contributed by atoms with Gasteiger partial charge in [0.05, 0.1) is 0 Å². The molecule has 2 N–H and O–H groups in total. The molecule has 0 aliphatic rings. The Bertz CT molecular complexity index is 968. The van der Waals surface area contributed by atoms with Crippen LogP contribution in [0.5, 0.6) is 0 Å². The Kier molecular flexibility index (Phi) is 13.2. The van der Waals surface area contributed by atoms with Crippen LogP contribution in [0.4, 0.5) is 70.2 Å². The van der Waals surface area contributed by atoms with E-state index in [1.54, 1.807) is 0 Å². The fourth-order valence-electron chi connectivity index (χ4n) is 2.20. The van der Waals surface area contributed by atoms with Crippen LogP contribution in [0.3, 0.4) is 0 Å². The summed E-state index contributed by atoms with van der Waals surface area (Å²) in [6.45, 7) is 0. The predicted molar refractivity (Wildman–Crippen MR) is 107 cm³/mol. The molecule has 0 heterocycles. The zero-order chi connectivity index (χ0) is 33.1. The van der Waals surface area contributed by atoms with Crippen LogP contribution in [0.25, 0.3) is 0 Å². The van der Waals surface area contributed by atoms with Crippen molar-refractivity contribution in [2.24, 2.45) is 0 Å². The van der Waals surface area contributed by atoms with Gasteiger partial charge >= 0.3 is 56.9 Å². The number of unbranched alkanes of at least 4 members (excludes halogenated alkanes) is 1. The summed E-state index contributed by atoms with van der Waals surface area (Å²) in [5.74, 6) is -11.5. The maximum Gasteiger partial charge on any atom is 0.460 e. The number of alkyl halides is 17. The minimum Gasteiger partial charge on any atom is -0.281 e. The standard InChI is InChI=1S/C14H13F16IO8S2/c15-7(16,9(19,20)36-11(23,24)13(27,28)40-39-38-32)4-2-1-3-6(31)5-8(17,18)10(21,22)37-12(25,26)14(29,30)41(33,34)35/h6,32H,1-5H2,(H,33,34,35). The molecule has 0 bridgehead atoms. The molecule has 0 aromatic rings. The molecular weight excluding hydrogens is 791 g/mol. The van der Waals surface area contributed by atoms with E-state index in [0.29, 0.717) is 0 Å². The molecule has 0 spiro atoms. The molecule has 41 heavy (non-hydrogen) atoms. The highest BCUT2D eigenvalue weighted by molar-refractivity contribution is 14.1. The molecule has 1 unspecified atom stereocenters. The average Bonchev–Trinajstić information content (AvgIpc) is 2.72. The van der Waals surface area contributed by atoms with Gasteiger partial charge in [-0.15, -0.1) is 4.33 Å². The minimum atomic E-state index is -7.17. The van der Waals surface area contributed by atoms with Gasteiger partial charge in [-0.25, -0.2) is 14.7 Å². The Morgan fingerprint density at radius 3 is 1.59 bits per heavy atom. The van der Waals surface area contributed by atoms with E-state index in [9.17, 15) is 78.7 Å². The quantitative estimate of drug-likeness (QED) is 0.0200. The first-order valence-corrected chi connectivity index (χ1v) is 12.9. The molecular formula is C14H13F16IO8S2. The maximum atomic E-state index is 13.8. The molecule has 0 rings (SSSR count). The molecule has 0 aliphatic carbocycles. The van der Waals surface area contributed by atoms with Crippen molar-refractivity contribution >= 4 is 44.8 Å². The highest BCUT2D eigenvalue weighted by Gasteiger charge is 2.74. The lowest BCUT2D eigenvalue weighted by Gasteiger charge is -2.32.